The highest BCUT2D eigenvalue weighted by Crippen LogP contribution is 2.37. The van der Waals surface area contributed by atoms with Crippen molar-refractivity contribution >= 4 is 11.6 Å². The summed E-state index contributed by atoms with van der Waals surface area (Å²) in [6.45, 7) is 1.84. The molecule has 1 aliphatic heterocycles. The number of rotatable bonds is 3. The highest BCUT2D eigenvalue weighted by Gasteiger charge is 2.29. The fourth-order valence-electron chi connectivity index (χ4n) is 2.90. The van der Waals surface area contributed by atoms with Crippen molar-refractivity contribution < 1.29 is 4.74 Å². The van der Waals surface area contributed by atoms with Crippen LogP contribution >= 0.6 is 11.6 Å². The summed E-state index contributed by atoms with van der Waals surface area (Å²) in [6, 6.07) is 6.41. The van der Waals surface area contributed by atoms with Gasteiger partial charge < -0.3 is 10.5 Å². The van der Waals surface area contributed by atoms with E-state index in [4.69, 9.17) is 22.1 Å². The number of benzene rings is 1. The normalized spacial score (nSPS) is 25.1. The molecule has 1 aliphatic rings. The monoisotopic (exact) mass is 268 g/mol. The van der Waals surface area contributed by atoms with Gasteiger partial charge >= 0.3 is 0 Å². The summed E-state index contributed by atoms with van der Waals surface area (Å²) in [5, 5.41) is 0.671. The van der Waals surface area contributed by atoms with Gasteiger partial charge in [-0.25, -0.2) is 0 Å². The molecule has 2 rings (SSSR count). The molecule has 0 aliphatic carbocycles. The number of piperidine rings is 1. The fraction of sp³-hybridized carbons (Fsp3) is 0.571. The van der Waals surface area contributed by atoms with Crippen molar-refractivity contribution in [2.24, 2.45) is 11.7 Å². The first-order valence-electron chi connectivity index (χ1n) is 6.41. The standard InChI is InChI=1S/C14H21ClN2O/c1-17-7-3-4-11(9-16)14(17)10-5-6-13(18-2)12(15)8-10/h5-6,8,11,14H,3-4,7,9,16H2,1-2H3. The number of likely N-dealkylation sites (tertiary alicyclic amines) is 1. The van der Waals surface area contributed by atoms with Crippen LogP contribution in [0.4, 0.5) is 0 Å². The first kappa shape index (κ1) is 13.7. The van der Waals surface area contributed by atoms with Crippen molar-refractivity contribution in [3.63, 3.8) is 0 Å². The minimum absolute atomic E-state index is 0.368. The molecule has 1 aromatic carbocycles. The van der Waals surface area contributed by atoms with Gasteiger partial charge in [0.2, 0.25) is 0 Å². The molecule has 1 aromatic rings. The Hall–Kier alpha value is -0.770. The van der Waals surface area contributed by atoms with Gasteiger partial charge in [0.05, 0.1) is 12.1 Å². The second kappa shape index (κ2) is 5.91. The molecule has 4 heteroatoms. The molecule has 2 N–H and O–H groups in total. The van der Waals surface area contributed by atoms with Gasteiger partial charge in [-0.1, -0.05) is 17.7 Å². The molecule has 1 heterocycles. The zero-order valence-electron chi connectivity index (χ0n) is 11.0. The lowest BCUT2D eigenvalue weighted by Gasteiger charge is -2.39. The summed E-state index contributed by atoms with van der Waals surface area (Å²) in [7, 11) is 3.79. The number of hydrogen-bond donors (Lipinski definition) is 1. The predicted molar refractivity (Wildman–Crippen MR) is 75.2 cm³/mol. The summed E-state index contributed by atoms with van der Waals surface area (Å²) in [5.41, 5.74) is 7.14. The average Bonchev–Trinajstić information content (AvgIpc) is 2.38. The lowest BCUT2D eigenvalue weighted by Crippen LogP contribution is -2.39. The predicted octanol–water partition coefficient (Wildman–Crippen LogP) is 2.69. The van der Waals surface area contributed by atoms with Crippen LogP contribution in [0.1, 0.15) is 24.4 Å². The summed E-state index contributed by atoms with van der Waals surface area (Å²) >= 11 is 6.21. The molecule has 1 fully saturated rings. The van der Waals surface area contributed by atoms with Crippen molar-refractivity contribution in [1.29, 1.82) is 0 Å². The largest absolute Gasteiger partial charge is 0.495 e. The Bertz CT molecular complexity index is 411. The van der Waals surface area contributed by atoms with Crippen LogP contribution in [0.2, 0.25) is 5.02 Å². The number of ether oxygens (including phenoxy) is 1. The third-order valence-corrected chi connectivity index (χ3v) is 4.12. The van der Waals surface area contributed by atoms with Crippen LogP contribution < -0.4 is 10.5 Å². The number of nitrogens with two attached hydrogens (primary N) is 1. The molecule has 0 amide bonds. The maximum atomic E-state index is 6.21. The van der Waals surface area contributed by atoms with Crippen LogP contribution in [0, 0.1) is 5.92 Å². The van der Waals surface area contributed by atoms with E-state index in [1.165, 1.54) is 18.4 Å². The van der Waals surface area contributed by atoms with Gasteiger partial charge in [-0.05, 0) is 56.6 Å². The third kappa shape index (κ3) is 2.63. The smallest absolute Gasteiger partial charge is 0.137 e. The second-order valence-electron chi connectivity index (χ2n) is 4.96. The molecule has 2 atom stereocenters. The summed E-state index contributed by atoms with van der Waals surface area (Å²) in [5.74, 6) is 1.23. The molecule has 3 nitrogen and oxygen atoms in total. The third-order valence-electron chi connectivity index (χ3n) is 3.83. The van der Waals surface area contributed by atoms with E-state index in [0.717, 1.165) is 18.8 Å². The minimum Gasteiger partial charge on any atom is -0.495 e. The zero-order chi connectivity index (χ0) is 13.1. The maximum absolute atomic E-state index is 6.21. The van der Waals surface area contributed by atoms with E-state index in [9.17, 15) is 0 Å². The molecule has 1 saturated heterocycles. The van der Waals surface area contributed by atoms with Crippen LogP contribution in [0.25, 0.3) is 0 Å². The fourth-order valence-corrected chi connectivity index (χ4v) is 3.17. The number of nitrogens with zero attached hydrogens (tertiary/aromatic N) is 1. The van der Waals surface area contributed by atoms with Gasteiger partial charge in [0, 0.05) is 6.04 Å². The van der Waals surface area contributed by atoms with Crippen LogP contribution in [0.3, 0.4) is 0 Å². The van der Waals surface area contributed by atoms with Crippen LogP contribution in [-0.4, -0.2) is 32.1 Å². The number of methoxy groups -OCH3 is 1. The van der Waals surface area contributed by atoms with Gasteiger partial charge in [-0.3, -0.25) is 4.90 Å². The Morgan fingerprint density at radius 3 is 2.89 bits per heavy atom. The van der Waals surface area contributed by atoms with Crippen molar-refractivity contribution in [2.75, 3.05) is 27.2 Å². The van der Waals surface area contributed by atoms with Crippen molar-refractivity contribution in [3.8, 4) is 5.75 Å². The van der Waals surface area contributed by atoms with E-state index in [0.29, 0.717) is 17.0 Å². The van der Waals surface area contributed by atoms with Crippen molar-refractivity contribution in [2.45, 2.75) is 18.9 Å². The zero-order valence-corrected chi connectivity index (χ0v) is 11.8. The van der Waals surface area contributed by atoms with Crippen LogP contribution in [0.15, 0.2) is 18.2 Å². The molecule has 18 heavy (non-hydrogen) atoms. The molecular formula is C14H21ClN2O. The first-order chi connectivity index (χ1) is 8.67. The molecule has 100 valence electrons. The van der Waals surface area contributed by atoms with E-state index in [1.54, 1.807) is 7.11 Å². The molecular weight excluding hydrogens is 248 g/mol. The van der Waals surface area contributed by atoms with Gasteiger partial charge in [-0.2, -0.15) is 0 Å². The molecule has 0 spiro atoms. The molecule has 0 aromatic heterocycles. The Morgan fingerprint density at radius 2 is 2.28 bits per heavy atom. The topological polar surface area (TPSA) is 38.5 Å². The quantitative estimate of drug-likeness (QED) is 0.916. The Kier molecular flexibility index (Phi) is 4.49. The Labute approximate surface area is 114 Å². The minimum atomic E-state index is 0.368. The lowest BCUT2D eigenvalue weighted by atomic mass is 9.85. The maximum Gasteiger partial charge on any atom is 0.137 e. The van der Waals surface area contributed by atoms with Crippen LogP contribution in [-0.2, 0) is 0 Å². The molecule has 0 radical (unpaired) electrons. The Balaban J connectivity index is 2.30. The molecule has 0 saturated carbocycles. The average molecular weight is 269 g/mol. The van der Waals surface area contributed by atoms with Gasteiger partial charge in [0.25, 0.3) is 0 Å². The van der Waals surface area contributed by atoms with Crippen molar-refractivity contribution in [3.05, 3.63) is 28.8 Å². The van der Waals surface area contributed by atoms with Gasteiger partial charge in [-0.15, -0.1) is 0 Å². The lowest BCUT2D eigenvalue weighted by molar-refractivity contribution is 0.125. The Morgan fingerprint density at radius 1 is 1.50 bits per heavy atom. The number of halogens is 1. The summed E-state index contributed by atoms with van der Waals surface area (Å²) in [6.07, 6.45) is 2.41. The molecule has 0 bridgehead atoms. The molecule has 2 unspecified atom stereocenters. The SMILES string of the molecule is COc1ccc(C2C(CN)CCCN2C)cc1Cl. The van der Waals surface area contributed by atoms with E-state index < -0.39 is 0 Å². The van der Waals surface area contributed by atoms with E-state index in [-0.39, 0.29) is 0 Å². The van der Waals surface area contributed by atoms with Crippen molar-refractivity contribution in [1.82, 2.24) is 4.90 Å². The first-order valence-corrected chi connectivity index (χ1v) is 6.79. The van der Waals surface area contributed by atoms with Gasteiger partial charge in [0.1, 0.15) is 5.75 Å². The number of hydrogen-bond acceptors (Lipinski definition) is 3. The summed E-state index contributed by atoms with van der Waals surface area (Å²) in [4.78, 5) is 2.37. The van der Waals surface area contributed by atoms with Crippen LogP contribution in [0.5, 0.6) is 5.75 Å². The highest BCUT2D eigenvalue weighted by molar-refractivity contribution is 6.32. The van der Waals surface area contributed by atoms with E-state index in [2.05, 4.69) is 18.0 Å². The van der Waals surface area contributed by atoms with E-state index in [1.807, 2.05) is 12.1 Å². The van der Waals surface area contributed by atoms with E-state index >= 15 is 0 Å². The summed E-state index contributed by atoms with van der Waals surface area (Å²) < 4.78 is 5.20. The second-order valence-corrected chi connectivity index (χ2v) is 5.36. The van der Waals surface area contributed by atoms with Gasteiger partial charge in [0.15, 0.2) is 0 Å². The highest BCUT2D eigenvalue weighted by atomic mass is 35.5.